The lowest BCUT2D eigenvalue weighted by atomic mass is 10.1. The Bertz CT molecular complexity index is 146. The van der Waals surface area contributed by atoms with Gasteiger partial charge in [0.15, 0.2) is 0 Å². The lowest BCUT2D eigenvalue weighted by Crippen LogP contribution is -2.48. The van der Waals surface area contributed by atoms with Crippen LogP contribution in [0.5, 0.6) is 0 Å². The van der Waals surface area contributed by atoms with Crippen molar-refractivity contribution in [3.63, 3.8) is 0 Å². The average Bonchev–Trinajstić information content (AvgIpc) is 1.97. The summed E-state index contributed by atoms with van der Waals surface area (Å²) in [4.78, 5) is 0. The zero-order chi connectivity index (χ0) is 8.32. The molecule has 64 valence electrons. The fraction of sp³-hybridized carbons (Fsp3) is 0.714. The molecule has 0 aromatic heterocycles. The highest BCUT2D eigenvalue weighted by atomic mass is 28.4. The summed E-state index contributed by atoms with van der Waals surface area (Å²) in [6, 6.07) is 0. The molecule has 0 saturated carbocycles. The van der Waals surface area contributed by atoms with Crippen LogP contribution >= 0.6 is 0 Å². The van der Waals surface area contributed by atoms with Gasteiger partial charge < -0.3 is 13.3 Å². The Hall–Kier alpha value is -0.163. The first-order valence-electron chi connectivity index (χ1n) is 3.61. The van der Waals surface area contributed by atoms with E-state index in [1.165, 1.54) is 0 Å². The first-order chi connectivity index (χ1) is 5.29. The molecule has 1 aliphatic carbocycles. The van der Waals surface area contributed by atoms with E-state index in [4.69, 9.17) is 13.3 Å². The molecular formula is C7H14O3Si. The highest BCUT2D eigenvalue weighted by Crippen LogP contribution is 2.35. The van der Waals surface area contributed by atoms with E-state index < -0.39 is 8.80 Å². The van der Waals surface area contributed by atoms with Crippen LogP contribution in [0.4, 0.5) is 0 Å². The van der Waals surface area contributed by atoms with Crippen molar-refractivity contribution in [1.29, 1.82) is 0 Å². The van der Waals surface area contributed by atoms with Gasteiger partial charge in [-0.05, 0) is 6.42 Å². The molecule has 3 nitrogen and oxygen atoms in total. The molecule has 11 heavy (non-hydrogen) atoms. The first-order valence-corrected chi connectivity index (χ1v) is 5.41. The number of hydrogen-bond acceptors (Lipinski definition) is 3. The van der Waals surface area contributed by atoms with Crippen LogP contribution in [0.15, 0.2) is 12.2 Å². The monoisotopic (exact) mass is 174 g/mol. The van der Waals surface area contributed by atoms with Crippen molar-refractivity contribution in [3.8, 4) is 0 Å². The Morgan fingerprint density at radius 2 is 1.64 bits per heavy atom. The molecule has 0 amide bonds. The third-order valence-corrected chi connectivity index (χ3v) is 5.11. The first kappa shape index (κ1) is 8.93. The highest BCUT2D eigenvalue weighted by Gasteiger charge is 2.47. The van der Waals surface area contributed by atoms with Crippen LogP contribution in [0.3, 0.4) is 0 Å². The van der Waals surface area contributed by atoms with Crippen molar-refractivity contribution in [2.75, 3.05) is 21.3 Å². The van der Waals surface area contributed by atoms with Crippen molar-refractivity contribution in [1.82, 2.24) is 0 Å². The molecule has 0 radical (unpaired) electrons. The summed E-state index contributed by atoms with van der Waals surface area (Å²) in [5.74, 6) is 0. The summed E-state index contributed by atoms with van der Waals surface area (Å²) >= 11 is 0. The van der Waals surface area contributed by atoms with E-state index in [2.05, 4.69) is 12.2 Å². The standard InChI is InChI=1S/C7H14O3Si/c1-8-11(9-2,10-3)7-5-4-6-7/h4-5,7H,6H2,1-3H3. The summed E-state index contributed by atoms with van der Waals surface area (Å²) in [5, 5.41) is 0. The van der Waals surface area contributed by atoms with Gasteiger partial charge in [-0.3, -0.25) is 0 Å². The molecule has 0 spiro atoms. The van der Waals surface area contributed by atoms with E-state index in [0.29, 0.717) is 5.54 Å². The molecule has 4 heteroatoms. The molecule has 0 bridgehead atoms. The second-order valence-electron chi connectivity index (χ2n) is 2.49. The number of allylic oxidation sites excluding steroid dienone is 2. The molecule has 0 aromatic rings. The minimum atomic E-state index is -2.32. The third kappa shape index (κ3) is 1.39. The van der Waals surface area contributed by atoms with Crippen LogP contribution in [0.2, 0.25) is 5.54 Å². The minimum absolute atomic E-state index is 0.363. The van der Waals surface area contributed by atoms with Crippen molar-refractivity contribution in [3.05, 3.63) is 12.2 Å². The quantitative estimate of drug-likeness (QED) is 0.473. The highest BCUT2D eigenvalue weighted by molar-refractivity contribution is 6.63. The lowest BCUT2D eigenvalue weighted by Gasteiger charge is -2.33. The minimum Gasteiger partial charge on any atom is -0.376 e. The summed E-state index contributed by atoms with van der Waals surface area (Å²) < 4.78 is 15.9. The van der Waals surface area contributed by atoms with E-state index >= 15 is 0 Å². The zero-order valence-corrected chi connectivity index (χ0v) is 8.16. The van der Waals surface area contributed by atoms with Crippen LogP contribution in [-0.2, 0) is 13.3 Å². The molecule has 0 N–H and O–H groups in total. The van der Waals surface area contributed by atoms with E-state index in [9.17, 15) is 0 Å². The van der Waals surface area contributed by atoms with Gasteiger partial charge in [0.05, 0.1) is 5.54 Å². The molecule has 0 saturated heterocycles. The second kappa shape index (κ2) is 3.49. The summed E-state index contributed by atoms with van der Waals surface area (Å²) in [5.41, 5.74) is 0.363. The Morgan fingerprint density at radius 3 is 1.73 bits per heavy atom. The molecule has 1 unspecified atom stereocenters. The SMILES string of the molecule is CO[Si](OC)(OC)C1C=CC1. The maximum Gasteiger partial charge on any atom is 0.507 e. The second-order valence-corrected chi connectivity index (χ2v) is 5.66. The number of hydrogen-bond donors (Lipinski definition) is 0. The smallest absolute Gasteiger partial charge is 0.376 e. The van der Waals surface area contributed by atoms with Crippen LogP contribution in [0.25, 0.3) is 0 Å². The topological polar surface area (TPSA) is 27.7 Å². The van der Waals surface area contributed by atoms with Gasteiger partial charge in [-0.15, -0.1) is 0 Å². The van der Waals surface area contributed by atoms with Gasteiger partial charge in [0.25, 0.3) is 0 Å². The van der Waals surface area contributed by atoms with Gasteiger partial charge in [-0.25, -0.2) is 0 Å². The van der Waals surface area contributed by atoms with Gasteiger partial charge in [0.2, 0.25) is 0 Å². The van der Waals surface area contributed by atoms with Crippen molar-refractivity contribution in [2.45, 2.75) is 12.0 Å². The van der Waals surface area contributed by atoms with Crippen LogP contribution < -0.4 is 0 Å². The molecule has 1 atom stereocenters. The summed E-state index contributed by atoms with van der Waals surface area (Å²) in [7, 11) is 2.61. The number of rotatable bonds is 4. The molecule has 1 aliphatic rings. The Labute approximate surface area is 68.3 Å². The Kier molecular flexibility index (Phi) is 2.83. The maximum absolute atomic E-state index is 5.28. The van der Waals surface area contributed by atoms with Gasteiger partial charge in [0, 0.05) is 21.3 Å². The molecule has 0 aliphatic heterocycles. The van der Waals surface area contributed by atoms with E-state index in [1.54, 1.807) is 21.3 Å². The largest absolute Gasteiger partial charge is 0.507 e. The summed E-state index contributed by atoms with van der Waals surface area (Å²) in [6.07, 6.45) is 5.20. The van der Waals surface area contributed by atoms with Crippen LogP contribution in [0, 0.1) is 0 Å². The van der Waals surface area contributed by atoms with Crippen molar-refractivity contribution >= 4 is 8.80 Å². The zero-order valence-electron chi connectivity index (χ0n) is 7.16. The van der Waals surface area contributed by atoms with E-state index in [-0.39, 0.29) is 0 Å². The molecule has 0 heterocycles. The normalized spacial score (nSPS) is 23.4. The molecule has 0 aromatic carbocycles. The van der Waals surface area contributed by atoms with Crippen LogP contribution in [0.1, 0.15) is 6.42 Å². The van der Waals surface area contributed by atoms with Gasteiger partial charge in [0.1, 0.15) is 0 Å². The average molecular weight is 174 g/mol. The lowest BCUT2D eigenvalue weighted by molar-refractivity contribution is 0.115. The molecular weight excluding hydrogens is 160 g/mol. The molecule has 1 rings (SSSR count). The Balaban J connectivity index is 2.62. The van der Waals surface area contributed by atoms with E-state index in [0.717, 1.165) is 6.42 Å². The predicted molar refractivity (Wildman–Crippen MR) is 44.3 cm³/mol. The van der Waals surface area contributed by atoms with Crippen LogP contribution in [-0.4, -0.2) is 30.1 Å². The maximum atomic E-state index is 5.28. The Morgan fingerprint density at radius 1 is 1.18 bits per heavy atom. The van der Waals surface area contributed by atoms with Gasteiger partial charge >= 0.3 is 8.80 Å². The van der Waals surface area contributed by atoms with E-state index in [1.807, 2.05) is 0 Å². The predicted octanol–water partition coefficient (Wildman–Crippen LogP) is 1.19. The fourth-order valence-electron chi connectivity index (χ4n) is 1.24. The third-order valence-electron chi connectivity index (χ3n) is 2.07. The molecule has 0 fully saturated rings. The van der Waals surface area contributed by atoms with Gasteiger partial charge in [-0.2, -0.15) is 0 Å². The van der Waals surface area contributed by atoms with Gasteiger partial charge in [-0.1, -0.05) is 12.2 Å². The van der Waals surface area contributed by atoms with Crippen molar-refractivity contribution < 1.29 is 13.3 Å². The fourth-order valence-corrected chi connectivity index (χ4v) is 3.44. The van der Waals surface area contributed by atoms with Crippen molar-refractivity contribution in [2.24, 2.45) is 0 Å². The summed E-state index contributed by atoms with van der Waals surface area (Å²) in [6.45, 7) is 0.